The van der Waals surface area contributed by atoms with E-state index in [0.717, 1.165) is 13.8 Å². The highest BCUT2D eigenvalue weighted by molar-refractivity contribution is 5.73. The van der Waals surface area contributed by atoms with Crippen molar-refractivity contribution in [2.45, 2.75) is 167 Å². The number of aliphatic hydroxyl groups is 15. The molecule has 28 heteroatoms. The largest absolute Gasteiger partial charge is 0.394 e. The van der Waals surface area contributed by atoms with Crippen LogP contribution in [0, 0.1) is 0 Å². The summed E-state index contributed by atoms with van der Waals surface area (Å²) in [7, 11) is 0. The van der Waals surface area contributed by atoms with Gasteiger partial charge in [-0.3, -0.25) is 9.59 Å². The fourth-order valence-corrected chi connectivity index (χ4v) is 7.72. The molecule has 5 rings (SSSR count). The Kier molecular flexibility index (Phi) is 18.1. The Labute approximate surface area is 351 Å². The van der Waals surface area contributed by atoms with Gasteiger partial charge in [0.15, 0.2) is 31.5 Å². The lowest BCUT2D eigenvalue weighted by Gasteiger charge is -2.49. The third kappa shape index (κ3) is 11.0. The highest BCUT2D eigenvalue weighted by Crippen LogP contribution is 2.34. The van der Waals surface area contributed by atoms with Crippen LogP contribution in [-0.4, -0.2) is 275 Å². The first-order valence-electron chi connectivity index (χ1n) is 19.6. The Hall–Kier alpha value is -2.02. The SMILES string of the molecule is CC(=O)N[C@@H]1[C@@H](O)[C@H](O[C@@H]2O[C@H](CO)[C@@H](O[C@@H]3O[C@H](CO[C@H]4O[C@H](CO)[C@@H](O)[C@H](O)[C@@H]4O[C@H]4O[C@H](CO)[C@@H](O)[C@H](O)[C@@H]4O)[C@@H](O)[C@H](O)[C@@H]3O)[C@H](O)[C@H]2NC(C)=O)[C@@H](CO)O[C@H]1O. The minimum absolute atomic E-state index is 0.682. The van der Waals surface area contributed by atoms with Gasteiger partial charge in [0, 0.05) is 13.8 Å². The van der Waals surface area contributed by atoms with Crippen molar-refractivity contribution in [2.24, 2.45) is 0 Å². The lowest BCUT2D eigenvalue weighted by molar-refractivity contribution is -0.378. The molecule has 0 aliphatic carbocycles. The smallest absolute Gasteiger partial charge is 0.217 e. The first kappa shape index (κ1) is 51.0. The van der Waals surface area contributed by atoms with Crippen LogP contribution in [0.4, 0.5) is 0 Å². The molecule has 0 saturated carbocycles. The lowest BCUT2D eigenvalue weighted by Crippen LogP contribution is -2.70. The summed E-state index contributed by atoms with van der Waals surface area (Å²) < 4.78 is 50.7. The Balaban J connectivity index is 1.32. The zero-order valence-corrected chi connectivity index (χ0v) is 33.2. The Bertz CT molecular complexity index is 1440. The van der Waals surface area contributed by atoms with Gasteiger partial charge in [-0.2, -0.15) is 0 Å². The summed E-state index contributed by atoms with van der Waals surface area (Å²) in [4.78, 5) is 24.1. The molecule has 25 atom stereocenters. The van der Waals surface area contributed by atoms with Crippen LogP contribution in [0.3, 0.4) is 0 Å². The molecule has 5 saturated heterocycles. The molecule has 5 aliphatic heterocycles. The second kappa shape index (κ2) is 22.0. The molecule has 17 N–H and O–H groups in total. The summed E-state index contributed by atoms with van der Waals surface area (Å²) in [5.74, 6) is -1.46. The monoisotopic (exact) mass is 910 g/mol. The topological polar surface area (TPSA) is 445 Å². The second-order valence-electron chi connectivity index (χ2n) is 15.5. The van der Waals surface area contributed by atoms with Crippen molar-refractivity contribution < 1.29 is 129 Å². The maximum atomic E-state index is 12.3. The van der Waals surface area contributed by atoms with Crippen molar-refractivity contribution in [3.05, 3.63) is 0 Å². The number of aliphatic hydroxyl groups excluding tert-OH is 15. The van der Waals surface area contributed by atoms with E-state index in [9.17, 15) is 86.2 Å². The maximum absolute atomic E-state index is 12.3. The molecular formula is C34H58N2O26. The molecule has 5 fully saturated rings. The standard InChI is InChI=1S/C34H58N2O26/c1-8(41)35-15-20(46)27(12(5-39)55-30(15)53)60-31-16(36-9(2)42)21(47)28(13(6-40)58-31)61-33-26(52)23(49)19(45)14(59-33)7-54-34-29(24(50)18(44)11(4-38)57-34)62-32-25(51)22(48)17(43)10(3-37)56-32/h10-34,37-40,43-53H,3-7H2,1-2H3,(H,35,41)(H,36,42)/t10-,11-,12-,13-,14-,15-,16-,17-,18-,19-,20-,21-,22+,23+,24+,25+,26+,27-,28-,29+,30-,31+,32-,33+,34+/m1/s1. The summed E-state index contributed by atoms with van der Waals surface area (Å²) in [6.07, 6.45) is -41.7. The molecule has 62 heavy (non-hydrogen) atoms. The van der Waals surface area contributed by atoms with Crippen LogP contribution < -0.4 is 10.6 Å². The molecule has 5 aliphatic rings. The van der Waals surface area contributed by atoms with Crippen LogP contribution in [0.25, 0.3) is 0 Å². The Morgan fingerprint density at radius 3 is 1.32 bits per heavy atom. The number of hydrogen-bond donors (Lipinski definition) is 17. The van der Waals surface area contributed by atoms with E-state index in [0.29, 0.717) is 0 Å². The number of amides is 2. The van der Waals surface area contributed by atoms with Crippen molar-refractivity contribution in [3.63, 3.8) is 0 Å². The molecular weight excluding hydrogens is 852 g/mol. The molecule has 0 bridgehead atoms. The van der Waals surface area contributed by atoms with Crippen molar-refractivity contribution >= 4 is 11.8 Å². The quantitative estimate of drug-likeness (QED) is 0.0725. The van der Waals surface area contributed by atoms with Crippen molar-refractivity contribution in [3.8, 4) is 0 Å². The van der Waals surface area contributed by atoms with Gasteiger partial charge in [-0.25, -0.2) is 0 Å². The second-order valence-corrected chi connectivity index (χ2v) is 15.5. The van der Waals surface area contributed by atoms with Crippen molar-refractivity contribution in [2.75, 3.05) is 33.0 Å². The molecule has 5 heterocycles. The van der Waals surface area contributed by atoms with Gasteiger partial charge in [0.2, 0.25) is 11.8 Å². The van der Waals surface area contributed by atoms with Gasteiger partial charge < -0.3 is 130 Å². The van der Waals surface area contributed by atoms with Crippen molar-refractivity contribution in [1.29, 1.82) is 0 Å². The number of carbonyl (C=O) groups is 2. The molecule has 28 nitrogen and oxygen atoms in total. The van der Waals surface area contributed by atoms with Crippen LogP contribution in [0.15, 0.2) is 0 Å². The summed E-state index contributed by atoms with van der Waals surface area (Å²) >= 11 is 0. The van der Waals surface area contributed by atoms with E-state index < -0.39 is 198 Å². The van der Waals surface area contributed by atoms with Gasteiger partial charge in [0.1, 0.15) is 122 Å². The minimum Gasteiger partial charge on any atom is -0.394 e. The molecule has 2 amide bonds. The normalized spacial score (nSPS) is 49.0. The fourth-order valence-electron chi connectivity index (χ4n) is 7.72. The van der Waals surface area contributed by atoms with Crippen molar-refractivity contribution in [1.82, 2.24) is 10.6 Å². The number of carbonyl (C=O) groups excluding carboxylic acids is 2. The zero-order valence-electron chi connectivity index (χ0n) is 33.2. The van der Waals surface area contributed by atoms with Crippen LogP contribution in [0.2, 0.25) is 0 Å². The van der Waals surface area contributed by atoms with E-state index in [2.05, 4.69) is 10.6 Å². The molecule has 0 aromatic carbocycles. The van der Waals surface area contributed by atoms with Gasteiger partial charge in [0.05, 0.1) is 33.0 Å². The minimum atomic E-state index is -2.10. The van der Waals surface area contributed by atoms with Gasteiger partial charge in [-0.05, 0) is 0 Å². The summed E-state index contributed by atoms with van der Waals surface area (Å²) in [6, 6.07) is -3.13. The number of nitrogens with one attached hydrogen (secondary N) is 2. The predicted molar refractivity (Wildman–Crippen MR) is 190 cm³/mol. The first-order chi connectivity index (χ1) is 29.3. The highest BCUT2D eigenvalue weighted by Gasteiger charge is 2.56. The fraction of sp³-hybridized carbons (Fsp3) is 0.941. The van der Waals surface area contributed by atoms with E-state index in [1.165, 1.54) is 0 Å². The number of ether oxygens (including phenoxy) is 9. The lowest BCUT2D eigenvalue weighted by atomic mass is 9.94. The van der Waals surface area contributed by atoms with Gasteiger partial charge in [0.25, 0.3) is 0 Å². The average Bonchev–Trinajstić information content (AvgIpc) is 3.23. The molecule has 0 radical (unpaired) electrons. The van der Waals surface area contributed by atoms with E-state index in [1.54, 1.807) is 0 Å². The van der Waals surface area contributed by atoms with Crippen LogP contribution in [0.1, 0.15) is 13.8 Å². The molecule has 0 aromatic heterocycles. The van der Waals surface area contributed by atoms with Crippen LogP contribution in [-0.2, 0) is 52.2 Å². The zero-order chi connectivity index (χ0) is 45.9. The summed E-state index contributed by atoms with van der Waals surface area (Å²) in [5.41, 5.74) is 0. The van der Waals surface area contributed by atoms with E-state index in [-0.39, 0.29) is 0 Å². The molecule has 0 unspecified atom stereocenters. The highest BCUT2D eigenvalue weighted by atomic mass is 16.8. The van der Waals surface area contributed by atoms with Crippen LogP contribution >= 0.6 is 0 Å². The van der Waals surface area contributed by atoms with Gasteiger partial charge in [-0.1, -0.05) is 0 Å². The predicted octanol–water partition coefficient (Wildman–Crippen LogP) is -11.6. The summed E-state index contributed by atoms with van der Waals surface area (Å²) in [5, 5.41) is 162. The van der Waals surface area contributed by atoms with E-state index in [1.807, 2.05) is 0 Å². The maximum Gasteiger partial charge on any atom is 0.217 e. The average molecular weight is 911 g/mol. The molecule has 360 valence electrons. The number of rotatable bonds is 15. The molecule has 0 aromatic rings. The summed E-state index contributed by atoms with van der Waals surface area (Å²) in [6.45, 7) is -2.24. The molecule has 0 spiro atoms. The van der Waals surface area contributed by atoms with E-state index >= 15 is 0 Å². The first-order valence-corrected chi connectivity index (χ1v) is 19.6. The van der Waals surface area contributed by atoms with Gasteiger partial charge in [-0.15, -0.1) is 0 Å². The van der Waals surface area contributed by atoms with Crippen LogP contribution in [0.5, 0.6) is 0 Å². The van der Waals surface area contributed by atoms with Gasteiger partial charge >= 0.3 is 0 Å². The third-order valence-corrected chi connectivity index (χ3v) is 11.1. The number of hydrogen-bond acceptors (Lipinski definition) is 26. The van der Waals surface area contributed by atoms with E-state index in [4.69, 9.17) is 42.6 Å². The third-order valence-electron chi connectivity index (χ3n) is 11.1. The Morgan fingerprint density at radius 1 is 0.419 bits per heavy atom. The Morgan fingerprint density at radius 2 is 0.806 bits per heavy atom.